The number of nitrogens with one attached hydrogen (secondary N) is 1. The van der Waals surface area contributed by atoms with Gasteiger partial charge in [0.1, 0.15) is 0 Å². The largest absolute Gasteiger partial charge is 0.356 e. The summed E-state index contributed by atoms with van der Waals surface area (Å²) in [5.41, 5.74) is 0. The lowest BCUT2D eigenvalue weighted by atomic mass is 9.84. The molecule has 2 fully saturated rings. The Hall–Kier alpha value is -0.570. The van der Waals surface area contributed by atoms with Gasteiger partial charge in [-0.1, -0.05) is 19.3 Å². The summed E-state index contributed by atoms with van der Waals surface area (Å²) >= 11 is 0. The van der Waals surface area contributed by atoms with E-state index < -0.39 is 0 Å². The average molecular weight is 252 g/mol. The Morgan fingerprint density at radius 2 is 1.83 bits per heavy atom. The summed E-state index contributed by atoms with van der Waals surface area (Å²) in [4.78, 5) is 14.5. The number of rotatable bonds is 4. The molecule has 0 radical (unpaired) electrons. The van der Waals surface area contributed by atoms with Crippen LogP contribution < -0.4 is 5.32 Å². The van der Waals surface area contributed by atoms with Crippen molar-refractivity contribution in [1.29, 1.82) is 0 Å². The fourth-order valence-corrected chi connectivity index (χ4v) is 3.47. The Labute approximate surface area is 111 Å². The summed E-state index contributed by atoms with van der Waals surface area (Å²) in [5, 5.41) is 3.20. The molecule has 0 spiro atoms. The van der Waals surface area contributed by atoms with Gasteiger partial charge in [-0.3, -0.25) is 4.79 Å². The van der Waals surface area contributed by atoms with Gasteiger partial charge in [-0.15, -0.1) is 0 Å². The van der Waals surface area contributed by atoms with Crippen LogP contribution >= 0.6 is 0 Å². The number of hydrogen-bond acceptors (Lipinski definition) is 2. The molecule has 3 heteroatoms. The minimum absolute atomic E-state index is 0.257. The number of nitrogens with zero attached hydrogens (tertiary/aromatic N) is 1. The molecule has 0 bridgehead atoms. The van der Waals surface area contributed by atoms with Crippen LogP contribution in [0.2, 0.25) is 0 Å². The highest BCUT2D eigenvalue weighted by atomic mass is 16.1. The van der Waals surface area contributed by atoms with Gasteiger partial charge in [0.25, 0.3) is 0 Å². The summed E-state index contributed by atoms with van der Waals surface area (Å²) in [6.45, 7) is 0.919. The van der Waals surface area contributed by atoms with Crippen LogP contribution in [0.1, 0.15) is 51.4 Å². The van der Waals surface area contributed by atoms with E-state index in [4.69, 9.17) is 0 Å². The van der Waals surface area contributed by atoms with Gasteiger partial charge in [0.2, 0.25) is 5.91 Å². The highest BCUT2D eigenvalue weighted by molar-refractivity contribution is 5.78. The van der Waals surface area contributed by atoms with E-state index >= 15 is 0 Å². The first-order valence-corrected chi connectivity index (χ1v) is 7.61. The Balaban J connectivity index is 1.73. The van der Waals surface area contributed by atoms with E-state index in [1.165, 1.54) is 38.5 Å². The van der Waals surface area contributed by atoms with Crippen molar-refractivity contribution in [2.24, 2.45) is 11.8 Å². The molecule has 0 aromatic carbocycles. The summed E-state index contributed by atoms with van der Waals surface area (Å²) in [7, 11) is 4.26. The molecular weight excluding hydrogens is 224 g/mol. The normalized spacial score (nSPS) is 29.7. The number of carbonyl (C=O) groups is 1. The second-order valence-electron chi connectivity index (χ2n) is 6.38. The van der Waals surface area contributed by atoms with E-state index in [0.717, 1.165) is 25.3 Å². The molecule has 2 aliphatic rings. The first-order chi connectivity index (χ1) is 8.66. The second-order valence-corrected chi connectivity index (χ2v) is 6.38. The van der Waals surface area contributed by atoms with Crippen molar-refractivity contribution in [2.45, 2.75) is 57.4 Å². The molecule has 0 aromatic rings. The van der Waals surface area contributed by atoms with Crippen LogP contribution in [0.25, 0.3) is 0 Å². The third-order valence-corrected chi connectivity index (χ3v) is 4.79. The smallest absolute Gasteiger partial charge is 0.223 e. The fraction of sp³-hybridized carbons (Fsp3) is 0.933. The highest BCUT2D eigenvalue weighted by Crippen LogP contribution is 2.27. The van der Waals surface area contributed by atoms with Gasteiger partial charge in [0.05, 0.1) is 0 Å². The summed E-state index contributed by atoms with van der Waals surface area (Å²) in [6, 6.07) is 0.598. The van der Waals surface area contributed by atoms with Gasteiger partial charge in [-0.2, -0.15) is 0 Å². The maximum Gasteiger partial charge on any atom is 0.223 e. The highest BCUT2D eigenvalue weighted by Gasteiger charge is 2.28. The Morgan fingerprint density at radius 3 is 2.50 bits per heavy atom. The summed E-state index contributed by atoms with van der Waals surface area (Å²) in [6.07, 6.45) is 9.91. The minimum atomic E-state index is 0.257. The second kappa shape index (κ2) is 6.55. The van der Waals surface area contributed by atoms with Crippen molar-refractivity contribution in [2.75, 3.05) is 20.6 Å². The molecule has 2 atom stereocenters. The van der Waals surface area contributed by atoms with Crippen molar-refractivity contribution in [3.63, 3.8) is 0 Å². The van der Waals surface area contributed by atoms with Crippen molar-refractivity contribution in [3.05, 3.63) is 0 Å². The maximum atomic E-state index is 12.2. The Kier molecular flexibility index (Phi) is 5.04. The van der Waals surface area contributed by atoms with E-state index in [-0.39, 0.29) is 5.92 Å². The van der Waals surface area contributed by atoms with E-state index in [9.17, 15) is 4.79 Å². The molecule has 0 heterocycles. The van der Waals surface area contributed by atoms with Gasteiger partial charge in [-0.05, 0) is 52.1 Å². The maximum absolute atomic E-state index is 12.2. The molecular formula is C15H28N2O. The van der Waals surface area contributed by atoms with Crippen LogP contribution in [0.15, 0.2) is 0 Å². The molecule has 0 aromatic heterocycles. The van der Waals surface area contributed by atoms with Gasteiger partial charge in [0, 0.05) is 18.5 Å². The van der Waals surface area contributed by atoms with E-state index in [0.29, 0.717) is 11.9 Å². The monoisotopic (exact) mass is 252 g/mol. The third-order valence-electron chi connectivity index (χ3n) is 4.79. The molecule has 2 rings (SSSR count). The zero-order valence-electron chi connectivity index (χ0n) is 12.0. The lowest BCUT2D eigenvalue weighted by Crippen LogP contribution is -2.40. The Bertz CT molecular complexity index is 272. The van der Waals surface area contributed by atoms with Gasteiger partial charge in [0.15, 0.2) is 0 Å². The molecule has 3 nitrogen and oxygen atoms in total. The minimum Gasteiger partial charge on any atom is -0.356 e. The van der Waals surface area contributed by atoms with Crippen molar-refractivity contribution < 1.29 is 4.79 Å². The van der Waals surface area contributed by atoms with Crippen molar-refractivity contribution in [1.82, 2.24) is 10.2 Å². The van der Waals surface area contributed by atoms with Crippen LogP contribution in [0, 0.1) is 11.8 Å². The molecule has 0 unspecified atom stereocenters. The molecule has 0 saturated heterocycles. The lowest BCUT2D eigenvalue weighted by Gasteiger charge is -2.32. The summed E-state index contributed by atoms with van der Waals surface area (Å²) in [5.74, 6) is 1.32. The number of hydrogen-bond donors (Lipinski definition) is 1. The van der Waals surface area contributed by atoms with Crippen molar-refractivity contribution in [3.8, 4) is 0 Å². The van der Waals surface area contributed by atoms with E-state index in [1.54, 1.807) is 0 Å². The molecule has 1 N–H and O–H groups in total. The SMILES string of the molecule is CN(C)[C@H]1CCC[C@@H](C(=O)NCC2CCCC2)C1. The fourth-order valence-electron chi connectivity index (χ4n) is 3.47. The number of carbonyl (C=O) groups excluding carboxylic acids is 1. The number of amides is 1. The van der Waals surface area contributed by atoms with Crippen LogP contribution in [0.5, 0.6) is 0 Å². The average Bonchev–Trinajstić information content (AvgIpc) is 2.89. The van der Waals surface area contributed by atoms with Crippen LogP contribution in [0.3, 0.4) is 0 Å². The molecule has 2 aliphatic carbocycles. The van der Waals surface area contributed by atoms with Crippen LogP contribution in [-0.4, -0.2) is 37.5 Å². The third kappa shape index (κ3) is 3.71. The topological polar surface area (TPSA) is 32.3 Å². The molecule has 18 heavy (non-hydrogen) atoms. The van der Waals surface area contributed by atoms with Crippen LogP contribution in [-0.2, 0) is 4.79 Å². The van der Waals surface area contributed by atoms with E-state index in [2.05, 4.69) is 24.3 Å². The predicted octanol–water partition coefficient (Wildman–Crippen LogP) is 2.41. The molecule has 0 aliphatic heterocycles. The summed E-state index contributed by atoms with van der Waals surface area (Å²) < 4.78 is 0. The van der Waals surface area contributed by atoms with E-state index in [1.807, 2.05) is 0 Å². The van der Waals surface area contributed by atoms with Gasteiger partial charge >= 0.3 is 0 Å². The first-order valence-electron chi connectivity index (χ1n) is 7.61. The molecule has 2 saturated carbocycles. The first kappa shape index (κ1) is 13.9. The van der Waals surface area contributed by atoms with Crippen LogP contribution in [0.4, 0.5) is 0 Å². The Morgan fingerprint density at radius 1 is 1.11 bits per heavy atom. The predicted molar refractivity (Wildman–Crippen MR) is 74.4 cm³/mol. The zero-order chi connectivity index (χ0) is 13.0. The standard InChI is InChI=1S/C15H28N2O/c1-17(2)14-9-5-8-13(10-14)15(18)16-11-12-6-3-4-7-12/h12-14H,3-11H2,1-2H3,(H,16,18)/t13-,14+/m1/s1. The van der Waals surface area contributed by atoms with Gasteiger partial charge < -0.3 is 10.2 Å². The van der Waals surface area contributed by atoms with Gasteiger partial charge in [-0.25, -0.2) is 0 Å². The lowest BCUT2D eigenvalue weighted by molar-refractivity contribution is -0.126. The molecule has 104 valence electrons. The van der Waals surface area contributed by atoms with Crippen molar-refractivity contribution >= 4 is 5.91 Å². The quantitative estimate of drug-likeness (QED) is 0.833. The zero-order valence-corrected chi connectivity index (χ0v) is 12.0. The molecule has 1 amide bonds.